The van der Waals surface area contributed by atoms with E-state index in [0.717, 1.165) is 45.2 Å². The lowest BCUT2D eigenvalue weighted by atomic mass is 9.76. The maximum atomic E-state index is 12.8. The molecule has 1 fully saturated rings. The van der Waals surface area contributed by atoms with Crippen molar-refractivity contribution in [2.24, 2.45) is 5.92 Å². The van der Waals surface area contributed by atoms with Crippen molar-refractivity contribution < 1.29 is 4.79 Å². The molecule has 1 atom stereocenters. The van der Waals surface area contributed by atoms with E-state index in [0.29, 0.717) is 18.3 Å². The Morgan fingerprint density at radius 2 is 1.87 bits per heavy atom. The van der Waals surface area contributed by atoms with Crippen LogP contribution in [-0.4, -0.2) is 28.9 Å². The second-order valence-corrected chi connectivity index (χ2v) is 8.80. The molecule has 2 aliphatic rings. The number of allylic oxidation sites excluding steroid dienone is 1. The lowest BCUT2D eigenvalue weighted by molar-refractivity contribution is -0.132. The molecule has 2 heterocycles. The molecular formula is C27H33N3O. The SMILES string of the molecule is C=CN/C=C(\C)CCC(=O)N1CCC(C2c3ccccc3CCc3cccnc32)CC1. The standard InChI is InChI=1S/C27H33N3O/c1-3-28-19-20(2)10-13-25(31)30-17-14-22(15-18-30)26-24-9-5-4-7-21(24)11-12-23-8-6-16-29-27(23)26/h3-9,16,19,22,26,28H,1,10-15,17-18H2,2H3/b20-19+. The van der Waals surface area contributed by atoms with Gasteiger partial charge in [-0.25, -0.2) is 0 Å². The Morgan fingerprint density at radius 1 is 1.13 bits per heavy atom. The smallest absolute Gasteiger partial charge is 0.222 e. The average Bonchev–Trinajstić information content (AvgIpc) is 2.98. The van der Waals surface area contributed by atoms with Crippen LogP contribution in [0, 0.1) is 5.92 Å². The fourth-order valence-electron chi connectivity index (χ4n) is 5.12. The number of piperidine rings is 1. The molecule has 0 radical (unpaired) electrons. The Bertz CT molecular complexity index is 909. The molecule has 1 unspecified atom stereocenters. The molecule has 0 bridgehead atoms. The third-order valence-corrected chi connectivity index (χ3v) is 6.82. The minimum Gasteiger partial charge on any atom is -0.368 e. The van der Waals surface area contributed by atoms with Gasteiger partial charge < -0.3 is 10.2 Å². The summed E-state index contributed by atoms with van der Waals surface area (Å²) in [5, 5.41) is 2.99. The maximum Gasteiger partial charge on any atom is 0.222 e. The highest BCUT2D eigenvalue weighted by atomic mass is 16.2. The molecule has 1 N–H and O–H groups in total. The number of benzene rings is 1. The van der Waals surface area contributed by atoms with Crippen molar-refractivity contribution in [1.82, 2.24) is 15.2 Å². The molecule has 31 heavy (non-hydrogen) atoms. The van der Waals surface area contributed by atoms with E-state index in [4.69, 9.17) is 4.98 Å². The minimum atomic E-state index is 0.268. The summed E-state index contributed by atoms with van der Waals surface area (Å²) < 4.78 is 0. The van der Waals surface area contributed by atoms with E-state index >= 15 is 0 Å². The Hall–Kier alpha value is -2.88. The van der Waals surface area contributed by atoms with Gasteiger partial charge in [0.05, 0.1) is 5.69 Å². The number of rotatable bonds is 6. The van der Waals surface area contributed by atoms with Gasteiger partial charge in [-0.15, -0.1) is 0 Å². The number of nitrogens with one attached hydrogen (secondary N) is 1. The fraction of sp³-hybridized carbons (Fsp3) is 0.407. The van der Waals surface area contributed by atoms with Crippen molar-refractivity contribution in [2.45, 2.75) is 51.4 Å². The van der Waals surface area contributed by atoms with Crippen molar-refractivity contribution in [2.75, 3.05) is 13.1 Å². The first-order chi connectivity index (χ1) is 15.2. The van der Waals surface area contributed by atoms with Crippen LogP contribution < -0.4 is 5.32 Å². The lowest BCUT2D eigenvalue weighted by Gasteiger charge is -2.37. The predicted octanol–water partition coefficient (Wildman–Crippen LogP) is 4.97. The van der Waals surface area contributed by atoms with E-state index in [1.807, 2.05) is 19.3 Å². The highest BCUT2D eigenvalue weighted by Crippen LogP contribution is 2.42. The third-order valence-electron chi connectivity index (χ3n) is 6.82. The topological polar surface area (TPSA) is 45.2 Å². The molecule has 4 heteroatoms. The van der Waals surface area contributed by atoms with E-state index in [1.165, 1.54) is 28.0 Å². The van der Waals surface area contributed by atoms with Crippen LogP contribution in [0.25, 0.3) is 0 Å². The molecule has 1 aromatic heterocycles. The number of hydrogen-bond acceptors (Lipinski definition) is 3. The van der Waals surface area contributed by atoms with Crippen LogP contribution in [0.4, 0.5) is 0 Å². The van der Waals surface area contributed by atoms with Crippen molar-refractivity contribution in [1.29, 1.82) is 0 Å². The molecule has 1 aromatic carbocycles. The summed E-state index contributed by atoms with van der Waals surface area (Å²) in [5.41, 5.74) is 6.71. The number of hydrogen-bond donors (Lipinski definition) is 1. The van der Waals surface area contributed by atoms with Crippen LogP contribution in [-0.2, 0) is 17.6 Å². The average molecular weight is 416 g/mol. The molecule has 0 saturated carbocycles. The highest BCUT2D eigenvalue weighted by Gasteiger charge is 2.34. The molecular weight excluding hydrogens is 382 g/mol. The van der Waals surface area contributed by atoms with Gasteiger partial charge in [0, 0.05) is 31.6 Å². The summed E-state index contributed by atoms with van der Waals surface area (Å²) in [6.45, 7) is 7.38. The molecule has 1 saturated heterocycles. The summed E-state index contributed by atoms with van der Waals surface area (Å²) in [5.74, 6) is 1.13. The van der Waals surface area contributed by atoms with E-state index in [2.05, 4.69) is 53.2 Å². The summed E-state index contributed by atoms with van der Waals surface area (Å²) in [6.07, 6.45) is 11.1. The Balaban J connectivity index is 1.45. The minimum absolute atomic E-state index is 0.268. The third kappa shape index (κ3) is 4.90. The number of carbonyl (C=O) groups is 1. The van der Waals surface area contributed by atoms with Crippen LogP contribution in [0.1, 0.15) is 60.9 Å². The first-order valence-electron chi connectivity index (χ1n) is 11.5. The Kier molecular flexibility index (Phi) is 6.86. The van der Waals surface area contributed by atoms with Gasteiger partial charge in [0.15, 0.2) is 0 Å². The zero-order valence-corrected chi connectivity index (χ0v) is 18.5. The Morgan fingerprint density at radius 3 is 2.68 bits per heavy atom. The maximum absolute atomic E-state index is 12.8. The normalized spacial score (nSPS) is 19.2. The molecule has 4 nitrogen and oxygen atoms in total. The van der Waals surface area contributed by atoms with Crippen molar-refractivity contribution in [3.8, 4) is 0 Å². The summed E-state index contributed by atoms with van der Waals surface area (Å²) in [4.78, 5) is 19.7. The Labute approximate surface area is 186 Å². The quantitative estimate of drug-likeness (QED) is 0.725. The number of likely N-dealkylation sites (tertiary alicyclic amines) is 1. The van der Waals surface area contributed by atoms with E-state index in [9.17, 15) is 4.79 Å². The first-order valence-corrected chi connectivity index (χ1v) is 11.5. The number of pyridine rings is 1. The van der Waals surface area contributed by atoms with Crippen LogP contribution in [0.5, 0.6) is 0 Å². The van der Waals surface area contributed by atoms with Gasteiger partial charge in [0.1, 0.15) is 0 Å². The second-order valence-electron chi connectivity index (χ2n) is 8.80. The van der Waals surface area contributed by atoms with Crippen molar-refractivity contribution in [3.05, 3.63) is 89.5 Å². The predicted molar refractivity (Wildman–Crippen MR) is 126 cm³/mol. The van der Waals surface area contributed by atoms with Gasteiger partial charge in [0.25, 0.3) is 0 Å². The zero-order chi connectivity index (χ0) is 21.6. The number of aryl methyl sites for hydroxylation is 2. The number of carbonyl (C=O) groups excluding carboxylic acids is 1. The van der Waals surface area contributed by atoms with Crippen molar-refractivity contribution in [3.63, 3.8) is 0 Å². The number of nitrogens with zero attached hydrogens (tertiary/aromatic N) is 2. The van der Waals surface area contributed by atoms with Gasteiger partial charge >= 0.3 is 0 Å². The summed E-state index contributed by atoms with van der Waals surface area (Å²) in [6, 6.07) is 13.2. The molecule has 0 spiro atoms. The molecule has 4 rings (SSSR count). The van der Waals surface area contributed by atoms with E-state index in [1.54, 1.807) is 6.20 Å². The monoisotopic (exact) mass is 415 g/mol. The van der Waals surface area contributed by atoms with Crippen LogP contribution in [0.15, 0.2) is 67.1 Å². The summed E-state index contributed by atoms with van der Waals surface area (Å²) >= 11 is 0. The van der Waals surface area contributed by atoms with Crippen molar-refractivity contribution >= 4 is 5.91 Å². The highest BCUT2D eigenvalue weighted by molar-refractivity contribution is 5.76. The molecule has 1 aliphatic carbocycles. The number of fused-ring (bicyclic) bond motifs is 2. The lowest BCUT2D eigenvalue weighted by Crippen LogP contribution is -2.40. The zero-order valence-electron chi connectivity index (χ0n) is 18.5. The van der Waals surface area contributed by atoms with Gasteiger partial charge in [-0.3, -0.25) is 9.78 Å². The second kappa shape index (κ2) is 9.95. The van der Waals surface area contributed by atoms with Gasteiger partial charge in [-0.05, 0) is 80.1 Å². The molecule has 1 amide bonds. The molecule has 2 aromatic rings. The van der Waals surface area contributed by atoms with Gasteiger partial charge in [0.2, 0.25) is 5.91 Å². The fourth-order valence-corrected chi connectivity index (χ4v) is 5.12. The van der Waals surface area contributed by atoms with E-state index in [-0.39, 0.29) is 5.91 Å². The largest absolute Gasteiger partial charge is 0.368 e. The first kappa shape index (κ1) is 21.4. The number of aromatic nitrogens is 1. The van der Waals surface area contributed by atoms with Crippen LogP contribution in [0.3, 0.4) is 0 Å². The van der Waals surface area contributed by atoms with Crippen LogP contribution in [0.2, 0.25) is 0 Å². The van der Waals surface area contributed by atoms with Crippen LogP contribution >= 0.6 is 0 Å². The summed E-state index contributed by atoms with van der Waals surface area (Å²) in [7, 11) is 0. The van der Waals surface area contributed by atoms with E-state index < -0.39 is 0 Å². The molecule has 1 aliphatic heterocycles. The van der Waals surface area contributed by atoms with Gasteiger partial charge in [-0.2, -0.15) is 0 Å². The number of amides is 1. The molecule has 162 valence electrons. The van der Waals surface area contributed by atoms with Gasteiger partial charge in [-0.1, -0.05) is 42.5 Å².